The zero-order valence-corrected chi connectivity index (χ0v) is 13.1. The van der Waals surface area contributed by atoms with Gasteiger partial charge in [-0.2, -0.15) is 4.98 Å². The Morgan fingerprint density at radius 2 is 2.26 bits per heavy atom. The number of nitrogens with one attached hydrogen (secondary N) is 1. The number of carbonyl (C=O) groups excluding carboxylic acids is 1. The fourth-order valence-corrected chi connectivity index (χ4v) is 2.30. The highest BCUT2D eigenvalue weighted by Gasteiger charge is 2.21. The van der Waals surface area contributed by atoms with Gasteiger partial charge in [-0.3, -0.25) is 0 Å². The molecule has 2 aromatic heterocycles. The van der Waals surface area contributed by atoms with E-state index in [1.807, 2.05) is 25.1 Å². The van der Waals surface area contributed by atoms with Gasteiger partial charge in [-0.1, -0.05) is 17.3 Å². The molecule has 7 nitrogen and oxygen atoms in total. The van der Waals surface area contributed by atoms with Crippen LogP contribution in [0.15, 0.2) is 28.9 Å². The van der Waals surface area contributed by atoms with Crippen molar-refractivity contribution < 1.29 is 18.8 Å². The number of methoxy groups -OCH3 is 1. The minimum atomic E-state index is -0.643. The second-order valence-corrected chi connectivity index (χ2v) is 5.28. The van der Waals surface area contributed by atoms with E-state index in [9.17, 15) is 4.79 Å². The minimum absolute atomic E-state index is 0.237. The average Bonchev–Trinajstić information content (AvgIpc) is 3.13. The Kier molecular flexibility index (Phi) is 4.12. The number of H-pyrrole nitrogens is 1. The average molecular weight is 315 g/mol. The lowest BCUT2D eigenvalue weighted by Crippen LogP contribution is -2.09. The third-order valence-corrected chi connectivity index (χ3v) is 3.45. The number of hydrogen-bond donors (Lipinski definition) is 1. The predicted octanol–water partition coefficient (Wildman–Crippen LogP) is 2.92. The highest BCUT2D eigenvalue weighted by molar-refractivity contribution is 6.04. The molecule has 0 spiro atoms. The number of aryl methyl sites for hydroxylation is 1. The van der Waals surface area contributed by atoms with E-state index in [1.54, 1.807) is 13.1 Å². The summed E-state index contributed by atoms with van der Waals surface area (Å²) in [7, 11) is 1.54. The summed E-state index contributed by atoms with van der Waals surface area (Å²) in [6.45, 7) is 3.92. The SMILES string of the molecule is COCc1noc(C(C)OC(=O)c2c[nH]c3cc(C)ccc23)n1. The van der Waals surface area contributed by atoms with Gasteiger partial charge in [-0.15, -0.1) is 0 Å². The number of ether oxygens (including phenoxy) is 2. The van der Waals surface area contributed by atoms with Gasteiger partial charge in [0.1, 0.15) is 6.61 Å². The van der Waals surface area contributed by atoms with Crippen molar-refractivity contribution in [3.8, 4) is 0 Å². The van der Waals surface area contributed by atoms with Crippen LogP contribution in [0.1, 0.15) is 40.7 Å². The number of esters is 1. The molecule has 7 heteroatoms. The first kappa shape index (κ1) is 15.2. The largest absolute Gasteiger partial charge is 0.449 e. The maximum Gasteiger partial charge on any atom is 0.341 e. The second-order valence-electron chi connectivity index (χ2n) is 5.28. The van der Waals surface area contributed by atoms with Crippen molar-refractivity contribution in [3.05, 3.63) is 47.2 Å². The van der Waals surface area contributed by atoms with Gasteiger partial charge in [0.15, 0.2) is 11.9 Å². The van der Waals surface area contributed by atoms with Crippen LogP contribution in [-0.4, -0.2) is 28.2 Å². The lowest BCUT2D eigenvalue weighted by atomic mass is 10.1. The first-order valence-electron chi connectivity index (χ1n) is 7.18. The summed E-state index contributed by atoms with van der Waals surface area (Å²) in [5.41, 5.74) is 2.48. The van der Waals surface area contributed by atoms with Crippen LogP contribution in [0.3, 0.4) is 0 Å². The highest BCUT2D eigenvalue weighted by Crippen LogP contribution is 2.23. The fraction of sp³-hybridized carbons (Fsp3) is 0.312. The van der Waals surface area contributed by atoms with Crippen molar-refractivity contribution in [1.82, 2.24) is 15.1 Å². The van der Waals surface area contributed by atoms with Crippen molar-refractivity contribution in [2.75, 3.05) is 7.11 Å². The Hall–Kier alpha value is -2.67. The zero-order chi connectivity index (χ0) is 16.4. The predicted molar refractivity (Wildman–Crippen MR) is 81.9 cm³/mol. The molecule has 0 aliphatic heterocycles. The van der Waals surface area contributed by atoms with Crippen LogP contribution in [0, 0.1) is 6.92 Å². The van der Waals surface area contributed by atoms with E-state index in [-0.39, 0.29) is 12.5 Å². The molecule has 3 aromatic rings. The van der Waals surface area contributed by atoms with Gasteiger partial charge >= 0.3 is 5.97 Å². The van der Waals surface area contributed by atoms with E-state index in [4.69, 9.17) is 14.0 Å². The van der Waals surface area contributed by atoms with E-state index in [2.05, 4.69) is 15.1 Å². The topological polar surface area (TPSA) is 90.2 Å². The standard InChI is InChI=1S/C16H17N3O4/c1-9-4-5-11-12(7-17-13(11)6-9)16(20)22-10(2)15-18-14(8-21-3)19-23-15/h4-7,10,17H,8H2,1-3H3. The van der Waals surface area contributed by atoms with Crippen LogP contribution >= 0.6 is 0 Å². The molecule has 0 radical (unpaired) electrons. The molecule has 0 fully saturated rings. The van der Waals surface area contributed by atoms with Crippen molar-refractivity contribution in [2.45, 2.75) is 26.6 Å². The summed E-state index contributed by atoms with van der Waals surface area (Å²) in [4.78, 5) is 19.6. The first-order valence-corrected chi connectivity index (χ1v) is 7.18. The van der Waals surface area contributed by atoms with Crippen LogP contribution < -0.4 is 0 Å². The summed E-state index contributed by atoms with van der Waals surface area (Å²) < 4.78 is 15.4. The molecule has 120 valence electrons. The van der Waals surface area contributed by atoms with Crippen LogP contribution in [0.5, 0.6) is 0 Å². The number of aromatic nitrogens is 3. The number of rotatable bonds is 5. The Labute approximate surface area is 132 Å². The van der Waals surface area contributed by atoms with E-state index < -0.39 is 12.1 Å². The molecule has 1 atom stereocenters. The second kappa shape index (κ2) is 6.21. The van der Waals surface area contributed by atoms with Crippen molar-refractivity contribution in [3.63, 3.8) is 0 Å². The third kappa shape index (κ3) is 3.09. The maximum absolute atomic E-state index is 12.4. The van der Waals surface area contributed by atoms with E-state index in [0.717, 1.165) is 16.5 Å². The van der Waals surface area contributed by atoms with E-state index in [1.165, 1.54) is 7.11 Å². The third-order valence-electron chi connectivity index (χ3n) is 3.45. The van der Waals surface area contributed by atoms with Gasteiger partial charge in [0.05, 0.1) is 5.56 Å². The summed E-state index contributed by atoms with van der Waals surface area (Å²) in [6, 6.07) is 5.82. The lowest BCUT2D eigenvalue weighted by Gasteiger charge is -2.08. The molecule has 1 aromatic carbocycles. The van der Waals surface area contributed by atoms with Gasteiger partial charge < -0.3 is 19.0 Å². The Balaban J connectivity index is 1.76. The van der Waals surface area contributed by atoms with Crippen LogP contribution in [0.4, 0.5) is 0 Å². The minimum Gasteiger partial charge on any atom is -0.449 e. The smallest absolute Gasteiger partial charge is 0.341 e. The highest BCUT2D eigenvalue weighted by atomic mass is 16.6. The molecule has 2 heterocycles. The molecule has 0 aliphatic carbocycles. The Morgan fingerprint density at radius 1 is 1.43 bits per heavy atom. The van der Waals surface area contributed by atoms with Crippen molar-refractivity contribution >= 4 is 16.9 Å². The van der Waals surface area contributed by atoms with Crippen LogP contribution in [0.2, 0.25) is 0 Å². The quantitative estimate of drug-likeness (QED) is 0.728. The van der Waals surface area contributed by atoms with Gasteiger partial charge in [-0.25, -0.2) is 4.79 Å². The van der Waals surface area contributed by atoms with Crippen LogP contribution in [-0.2, 0) is 16.1 Å². The van der Waals surface area contributed by atoms with Crippen molar-refractivity contribution in [1.29, 1.82) is 0 Å². The number of aromatic amines is 1. The molecule has 0 amide bonds. The maximum atomic E-state index is 12.4. The molecule has 0 bridgehead atoms. The summed E-state index contributed by atoms with van der Waals surface area (Å²) in [5.74, 6) is 0.202. The molecular weight excluding hydrogens is 298 g/mol. The molecule has 1 unspecified atom stereocenters. The lowest BCUT2D eigenvalue weighted by molar-refractivity contribution is 0.0268. The molecule has 1 N–H and O–H groups in total. The Morgan fingerprint density at radius 3 is 3.04 bits per heavy atom. The fourth-order valence-electron chi connectivity index (χ4n) is 2.30. The van der Waals surface area contributed by atoms with Gasteiger partial charge in [-0.05, 0) is 25.5 Å². The summed E-state index contributed by atoms with van der Waals surface area (Å²) in [6.07, 6.45) is 1.000. The van der Waals surface area contributed by atoms with Gasteiger partial charge in [0.2, 0.25) is 0 Å². The molecule has 3 rings (SSSR count). The number of carbonyl (C=O) groups is 1. The number of fused-ring (bicyclic) bond motifs is 1. The Bertz CT molecular complexity index is 837. The number of benzene rings is 1. The summed E-state index contributed by atoms with van der Waals surface area (Å²) in [5, 5.41) is 4.57. The zero-order valence-electron chi connectivity index (χ0n) is 13.1. The molecule has 0 saturated carbocycles. The van der Waals surface area contributed by atoms with Gasteiger partial charge in [0, 0.05) is 24.2 Å². The van der Waals surface area contributed by atoms with E-state index >= 15 is 0 Å². The monoisotopic (exact) mass is 315 g/mol. The molecule has 0 saturated heterocycles. The van der Waals surface area contributed by atoms with Crippen molar-refractivity contribution in [2.24, 2.45) is 0 Å². The summed E-state index contributed by atoms with van der Waals surface area (Å²) >= 11 is 0. The van der Waals surface area contributed by atoms with Crippen LogP contribution in [0.25, 0.3) is 10.9 Å². The first-order chi connectivity index (χ1) is 11.1. The molecular formula is C16H17N3O4. The molecule has 0 aliphatic rings. The number of hydrogen-bond acceptors (Lipinski definition) is 6. The van der Waals surface area contributed by atoms with E-state index in [0.29, 0.717) is 11.4 Å². The van der Waals surface area contributed by atoms with Gasteiger partial charge in [0.25, 0.3) is 5.89 Å². The number of nitrogens with zero attached hydrogens (tertiary/aromatic N) is 2. The molecule has 23 heavy (non-hydrogen) atoms. The normalized spacial score (nSPS) is 12.5.